The number of hydrogen-bond acceptors (Lipinski definition) is 5. The second-order valence-electron chi connectivity index (χ2n) is 5.89. The predicted molar refractivity (Wildman–Crippen MR) is 94.1 cm³/mol. The molecule has 130 valence electrons. The van der Waals surface area contributed by atoms with Gasteiger partial charge in [-0.3, -0.25) is 13.9 Å². The smallest absolute Gasteiger partial charge is 0.331 e. The maximum Gasteiger partial charge on any atom is 0.331 e. The third-order valence-electron chi connectivity index (χ3n) is 3.85. The Bertz CT molecular complexity index is 960. The van der Waals surface area contributed by atoms with Crippen LogP contribution in [0, 0.1) is 0 Å². The van der Waals surface area contributed by atoms with Crippen molar-refractivity contribution in [1.82, 2.24) is 19.2 Å². The maximum atomic E-state index is 12.6. The molecule has 3 aromatic rings. The van der Waals surface area contributed by atoms with E-state index < -0.39 is 11.5 Å². The molecule has 0 radical (unpaired) electrons. The monoisotopic (exact) mass is 359 g/mol. The quantitative estimate of drug-likeness (QED) is 0.678. The summed E-state index contributed by atoms with van der Waals surface area (Å²) in [6.45, 7) is 3.06. The highest BCUT2D eigenvalue weighted by molar-refractivity contribution is 7.98. The number of thioether (sulfide) groups is 1. The number of pyridine rings is 1. The molecule has 3 heterocycles. The minimum atomic E-state index is -1.21. The van der Waals surface area contributed by atoms with Gasteiger partial charge in [-0.15, -0.1) is 0 Å². The number of carbonyl (C=O) groups is 2. The van der Waals surface area contributed by atoms with E-state index >= 15 is 0 Å². The van der Waals surface area contributed by atoms with Gasteiger partial charge in [0.05, 0.1) is 17.4 Å². The first-order chi connectivity index (χ1) is 11.8. The molecular formula is C16H17N5O3S. The minimum absolute atomic E-state index is 0.301. The van der Waals surface area contributed by atoms with Gasteiger partial charge in [0, 0.05) is 12.4 Å². The number of carbonyl (C=O) groups excluding carboxylic acids is 1. The van der Waals surface area contributed by atoms with E-state index in [-0.39, 0.29) is 5.91 Å². The summed E-state index contributed by atoms with van der Waals surface area (Å²) in [5.41, 5.74) is 0.190. The Morgan fingerprint density at radius 2 is 2.08 bits per heavy atom. The van der Waals surface area contributed by atoms with Crippen LogP contribution in [0.5, 0.6) is 0 Å². The average molecular weight is 359 g/mol. The highest BCUT2D eigenvalue weighted by Gasteiger charge is 2.30. The summed E-state index contributed by atoms with van der Waals surface area (Å²) in [5.74, 6) is -1.39. The summed E-state index contributed by atoms with van der Waals surface area (Å²) >= 11 is 1.44. The molecule has 0 atom stereocenters. The molecule has 0 aliphatic rings. The number of rotatable bonds is 5. The lowest BCUT2D eigenvalue weighted by molar-refractivity contribution is -0.146. The Morgan fingerprint density at radius 3 is 2.76 bits per heavy atom. The number of carboxylic acid groups (broad SMARTS) is 1. The zero-order valence-electron chi connectivity index (χ0n) is 13.9. The van der Waals surface area contributed by atoms with Gasteiger partial charge in [0.25, 0.3) is 5.91 Å². The van der Waals surface area contributed by atoms with Gasteiger partial charge in [-0.05, 0) is 32.2 Å². The topological polar surface area (TPSA) is 102 Å². The van der Waals surface area contributed by atoms with Crippen molar-refractivity contribution in [3.8, 4) is 0 Å². The number of aromatic nitrogens is 4. The van der Waals surface area contributed by atoms with Crippen LogP contribution < -0.4 is 5.32 Å². The van der Waals surface area contributed by atoms with Crippen molar-refractivity contribution >= 4 is 34.8 Å². The van der Waals surface area contributed by atoms with Crippen LogP contribution in [0.4, 0.5) is 5.69 Å². The second kappa shape index (κ2) is 6.25. The zero-order valence-corrected chi connectivity index (χ0v) is 14.7. The normalized spacial score (nSPS) is 11.6. The van der Waals surface area contributed by atoms with E-state index in [4.69, 9.17) is 0 Å². The van der Waals surface area contributed by atoms with Crippen molar-refractivity contribution in [2.75, 3.05) is 11.6 Å². The third kappa shape index (κ3) is 2.98. The molecule has 2 N–H and O–H groups in total. The van der Waals surface area contributed by atoms with Gasteiger partial charge in [-0.1, -0.05) is 17.8 Å². The molecule has 3 rings (SSSR count). The molecule has 0 saturated carbocycles. The molecule has 0 aromatic carbocycles. The molecule has 0 saturated heterocycles. The van der Waals surface area contributed by atoms with Crippen LogP contribution in [0.1, 0.15) is 24.3 Å². The molecule has 0 spiro atoms. The van der Waals surface area contributed by atoms with Gasteiger partial charge >= 0.3 is 5.97 Å². The van der Waals surface area contributed by atoms with Crippen molar-refractivity contribution in [3.05, 3.63) is 42.5 Å². The number of fused-ring (bicyclic) bond motifs is 1. The fraction of sp³-hybridized carbons (Fsp3) is 0.250. The van der Waals surface area contributed by atoms with Crippen LogP contribution in [0.2, 0.25) is 0 Å². The van der Waals surface area contributed by atoms with Crippen molar-refractivity contribution in [2.24, 2.45) is 0 Å². The Morgan fingerprint density at radius 1 is 1.32 bits per heavy atom. The van der Waals surface area contributed by atoms with Crippen molar-refractivity contribution in [3.63, 3.8) is 0 Å². The summed E-state index contributed by atoms with van der Waals surface area (Å²) in [5, 5.41) is 16.7. The van der Waals surface area contributed by atoms with Gasteiger partial charge in [0.2, 0.25) is 0 Å². The number of hydrogen-bond donors (Lipinski definition) is 2. The van der Waals surface area contributed by atoms with E-state index in [1.807, 2.05) is 35.1 Å². The summed E-state index contributed by atoms with van der Waals surface area (Å²) < 4.78 is 3.14. The van der Waals surface area contributed by atoms with E-state index in [0.717, 1.165) is 0 Å². The third-order valence-corrected chi connectivity index (χ3v) is 4.50. The van der Waals surface area contributed by atoms with Crippen molar-refractivity contribution < 1.29 is 14.7 Å². The largest absolute Gasteiger partial charge is 0.479 e. The van der Waals surface area contributed by atoms with Gasteiger partial charge in [-0.25, -0.2) is 9.78 Å². The Balaban J connectivity index is 1.89. The molecule has 8 nitrogen and oxygen atoms in total. The van der Waals surface area contributed by atoms with Gasteiger partial charge in [0.1, 0.15) is 0 Å². The highest BCUT2D eigenvalue weighted by Crippen LogP contribution is 2.22. The van der Waals surface area contributed by atoms with Crippen molar-refractivity contribution in [1.29, 1.82) is 0 Å². The van der Waals surface area contributed by atoms with Crippen LogP contribution in [0.3, 0.4) is 0 Å². The Hall–Kier alpha value is -2.81. The van der Waals surface area contributed by atoms with Gasteiger partial charge in [-0.2, -0.15) is 5.10 Å². The van der Waals surface area contributed by atoms with Crippen molar-refractivity contribution in [2.45, 2.75) is 24.5 Å². The first-order valence-electron chi connectivity index (χ1n) is 7.45. The lowest BCUT2D eigenvalue weighted by atomic mass is 10.1. The van der Waals surface area contributed by atoms with Crippen LogP contribution in [-0.4, -0.2) is 42.4 Å². The number of nitrogens with zero attached hydrogens (tertiary/aromatic N) is 4. The average Bonchev–Trinajstić information content (AvgIpc) is 3.19. The number of amides is 1. The highest BCUT2D eigenvalue weighted by atomic mass is 32.2. The molecule has 1 amide bonds. The van der Waals surface area contributed by atoms with E-state index in [2.05, 4.69) is 15.4 Å². The number of aliphatic carboxylic acids is 1. The molecule has 0 aliphatic heterocycles. The molecule has 0 aliphatic carbocycles. The molecule has 0 unspecified atom stereocenters. The van der Waals surface area contributed by atoms with Crippen LogP contribution in [0.15, 0.2) is 41.9 Å². The lowest BCUT2D eigenvalue weighted by Gasteiger charge is -2.19. The van der Waals surface area contributed by atoms with Gasteiger partial charge in [0.15, 0.2) is 16.4 Å². The van der Waals surface area contributed by atoms with E-state index in [1.54, 1.807) is 0 Å². The molecule has 0 bridgehead atoms. The Labute approximate surface area is 147 Å². The van der Waals surface area contributed by atoms with E-state index in [1.165, 1.54) is 42.7 Å². The molecular weight excluding hydrogens is 342 g/mol. The fourth-order valence-electron chi connectivity index (χ4n) is 2.30. The summed E-state index contributed by atoms with van der Waals surface area (Å²) in [7, 11) is 0. The van der Waals surface area contributed by atoms with Gasteiger partial charge < -0.3 is 10.4 Å². The number of anilines is 1. The van der Waals surface area contributed by atoms with E-state index in [9.17, 15) is 14.7 Å². The molecule has 0 fully saturated rings. The molecule has 3 aromatic heterocycles. The van der Waals surface area contributed by atoms with Crippen LogP contribution >= 0.6 is 11.8 Å². The van der Waals surface area contributed by atoms with Crippen LogP contribution in [-0.2, 0) is 10.3 Å². The first kappa shape index (κ1) is 17.0. The SMILES string of the molecule is CSc1nc(C(=O)Nc2cnn(C(C)(C)C(=O)O)c2)c2ccccn12. The maximum absolute atomic E-state index is 12.6. The number of imidazole rings is 1. The zero-order chi connectivity index (χ0) is 18.2. The predicted octanol–water partition coefficient (Wildman–Crippen LogP) is 2.32. The van der Waals surface area contributed by atoms with E-state index in [0.29, 0.717) is 22.1 Å². The Kier molecular flexibility index (Phi) is 4.25. The molecule has 9 heteroatoms. The standard InChI is InChI=1S/C16H17N5O3S/c1-16(2,14(23)24)21-9-10(8-17-21)18-13(22)12-11-6-4-5-7-20(11)15(19-12)25-3/h4-9H,1-3H3,(H,18,22)(H,23,24). The lowest BCUT2D eigenvalue weighted by Crippen LogP contribution is -2.35. The summed E-state index contributed by atoms with van der Waals surface area (Å²) in [6.07, 6.45) is 6.63. The number of nitrogens with one attached hydrogen (secondary N) is 1. The summed E-state index contributed by atoms with van der Waals surface area (Å²) in [6, 6.07) is 5.53. The minimum Gasteiger partial charge on any atom is -0.479 e. The fourth-order valence-corrected chi connectivity index (χ4v) is 2.84. The first-order valence-corrected chi connectivity index (χ1v) is 8.68. The molecule has 25 heavy (non-hydrogen) atoms. The van der Waals surface area contributed by atoms with Crippen LogP contribution in [0.25, 0.3) is 5.52 Å². The summed E-state index contributed by atoms with van der Waals surface area (Å²) in [4.78, 5) is 28.3. The number of carboxylic acids is 1. The second-order valence-corrected chi connectivity index (χ2v) is 6.67.